The highest BCUT2D eigenvalue weighted by Crippen LogP contribution is 2.29. The summed E-state index contributed by atoms with van der Waals surface area (Å²) in [6, 6.07) is 2.08. The molecule has 0 amide bonds. The van der Waals surface area contributed by atoms with Crippen molar-refractivity contribution >= 4 is 11.4 Å². The van der Waals surface area contributed by atoms with Crippen molar-refractivity contribution in [3.05, 3.63) is 17.9 Å². The van der Waals surface area contributed by atoms with E-state index < -0.39 is 18.2 Å². The Labute approximate surface area is 121 Å². The van der Waals surface area contributed by atoms with Gasteiger partial charge in [-0.2, -0.15) is 8.78 Å². The molecule has 0 radical (unpaired) electrons. The Kier molecular flexibility index (Phi) is 7.10. The van der Waals surface area contributed by atoms with Gasteiger partial charge in [0.1, 0.15) is 0 Å². The van der Waals surface area contributed by atoms with Crippen molar-refractivity contribution in [3.8, 4) is 5.75 Å². The standard InChI is InChI=1S/C13H20F3N3O2/c1-19(5-6-20-2)4-3-18-11-8-12(21-13(15)16)9(14)7-10(11)17/h7-8,13,18H,3-6,17H2,1-2H3. The number of methoxy groups -OCH3 is 1. The fraction of sp³-hybridized carbons (Fsp3) is 0.538. The molecule has 1 rings (SSSR count). The number of rotatable bonds is 9. The Morgan fingerprint density at radius 3 is 2.67 bits per heavy atom. The Morgan fingerprint density at radius 2 is 2.05 bits per heavy atom. The molecule has 0 spiro atoms. The summed E-state index contributed by atoms with van der Waals surface area (Å²) in [6.45, 7) is -0.510. The molecule has 0 aliphatic carbocycles. The first-order chi connectivity index (χ1) is 9.93. The van der Waals surface area contributed by atoms with Gasteiger partial charge in [-0.1, -0.05) is 0 Å². The summed E-state index contributed by atoms with van der Waals surface area (Å²) in [5.74, 6) is -1.45. The Balaban J connectivity index is 2.58. The van der Waals surface area contributed by atoms with E-state index in [4.69, 9.17) is 10.5 Å². The van der Waals surface area contributed by atoms with Crippen molar-refractivity contribution in [1.29, 1.82) is 0 Å². The van der Waals surface area contributed by atoms with Crippen molar-refractivity contribution in [1.82, 2.24) is 4.90 Å². The first-order valence-corrected chi connectivity index (χ1v) is 6.39. The van der Waals surface area contributed by atoms with Crippen LogP contribution in [-0.4, -0.2) is 51.9 Å². The minimum atomic E-state index is -3.09. The number of hydrogen-bond donors (Lipinski definition) is 2. The van der Waals surface area contributed by atoms with Gasteiger partial charge < -0.3 is 25.4 Å². The number of likely N-dealkylation sites (N-methyl/N-ethyl adjacent to an activating group) is 1. The highest BCUT2D eigenvalue weighted by Gasteiger charge is 2.13. The molecule has 0 aromatic heterocycles. The highest BCUT2D eigenvalue weighted by molar-refractivity contribution is 5.68. The number of nitrogens with one attached hydrogen (secondary N) is 1. The second-order valence-corrected chi connectivity index (χ2v) is 4.47. The maximum absolute atomic E-state index is 13.4. The lowest BCUT2D eigenvalue weighted by molar-refractivity contribution is -0.0521. The van der Waals surface area contributed by atoms with Crippen LogP contribution in [0.5, 0.6) is 5.75 Å². The SMILES string of the molecule is COCCN(C)CCNc1cc(OC(F)F)c(F)cc1N. The number of anilines is 2. The lowest BCUT2D eigenvalue weighted by Crippen LogP contribution is -2.28. The summed E-state index contributed by atoms with van der Waals surface area (Å²) in [5.41, 5.74) is 6.13. The van der Waals surface area contributed by atoms with Gasteiger partial charge >= 0.3 is 6.61 Å². The molecule has 0 aliphatic rings. The lowest BCUT2D eigenvalue weighted by atomic mass is 10.2. The van der Waals surface area contributed by atoms with E-state index in [1.807, 2.05) is 11.9 Å². The predicted molar refractivity (Wildman–Crippen MR) is 75.3 cm³/mol. The number of halogens is 3. The molecule has 0 heterocycles. The zero-order valence-corrected chi connectivity index (χ0v) is 12.0. The van der Waals surface area contributed by atoms with Crippen molar-refractivity contribution in [2.75, 3.05) is 51.4 Å². The molecule has 0 atom stereocenters. The molecule has 120 valence electrons. The van der Waals surface area contributed by atoms with Gasteiger partial charge in [0.2, 0.25) is 0 Å². The summed E-state index contributed by atoms with van der Waals surface area (Å²) in [7, 11) is 3.54. The number of nitrogens with two attached hydrogens (primary N) is 1. The predicted octanol–water partition coefficient (Wildman–Crippen LogP) is 2.00. The third-order valence-corrected chi connectivity index (χ3v) is 2.81. The smallest absolute Gasteiger partial charge is 0.387 e. The fourth-order valence-corrected chi connectivity index (χ4v) is 1.65. The lowest BCUT2D eigenvalue weighted by Gasteiger charge is -2.18. The van der Waals surface area contributed by atoms with E-state index >= 15 is 0 Å². The van der Waals surface area contributed by atoms with Crippen LogP contribution >= 0.6 is 0 Å². The first kappa shape index (κ1) is 17.4. The summed E-state index contributed by atoms with van der Waals surface area (Å²) < 4.78 is 46.7. The Hall–Kier alpha value is -1.67. The largest absolute Gasteiger partial charge is 0.432 e. The number of benzene rings is 1. The first-order valence-electron chi connectivity index (χ1n) is 6.39. The molecule has 1 aromatic carbocycles. The average molecular weight is 307 g/mol. The number of nitrogens with zero attached hydrogens (tertiary/aromatic N) is 1. The minimum Gasteiger partial charge on any atom is -0.432 e. The molecule has 5 nitrogen and oxygen atoms in total. The fourth-order valence-electron chi connectivity index (χ4n) is 1.65. The number of alkyl halides is 2. The third kappa shape index (κ3) is 6.09. The minimum absolute atomic E-state index is 0.133. The van der Waals surface area contributed by atoms with Crippen LogP contribution in [0.2, 0.25) is 0 Å². The molecular weight excluding hydrogens is 287 g/mol. The molecule has 1 aromatic rings. The van der Waals surface area contributed by atoms with Gasteiger partial charge in [0, 0.05) is 38.9 Å². The molecule has 0 bridgehead atoms. The number of ether oxygens (including phenoxy) is 2. The van der Waals surface area contributed by atoms with Gasteiger partial charge in [-0.05, 0) is 7.05 Å². The van der Waals surface area contributed by atoms with Gasteiger partial charge in [-0.15, -0.1) is 0 Å². The van der Waals surface area contributed by atoms with Crippen LogP contribution in [0.4, 0.5) is 24.5 Å². The van der Waals surface area contributed by atoms with E-state index in [0.717, 1.165) is 18.7 Å². The van der Waals surface area contributed by atoms with E-state index in [1.165, 1.54) is 0 Å². The summed E-state index contributed by atoms with van der Waals surface area (Å²) in [5, 5.41) is 2.96. The van der Waals surface area contributed by atoms with Crippen LogP contribution in [0.15, 0.2) is 12.1 Å². The van der Waals surface area contributed by atoms with Gasteiger partial charge in [0.25, 0.3) is 0 Å². The van der Waals surface area contributed by atoms with Crippen LogP contribution in [-0.2, 0) is 4.74 Å². The average Bonchev–Trinajstić information content (AvgIpc) is 2.40. The normalized spacial score (nSPS) is 11.2. The maximum atomic E-state index is 13.4. The van der Waals surface area contributed by atoms with E-state index in [2.05, 4.69) is 10.1 Å². The molecule has 0 unspecified atom stereocenters. The monoisotopic (exact) mass is 307 g/mol. The van der Waals surface area contributed by atoms with Gasteiger partial charge in [0.15, 0.2) is 11.6 Å². The zero-order chi connectivity index (χ0) is 15.8. The zero-order valence-electron chi connectivity index (χ0n) is 12.0. The molecule has 21 heavy (non-hydrogen) atoms. The maximum Gasteiger partial charge on any atom is 0.387 e. The second-order valence-electron chi connectivity index (χ2n) is 4.47. The van der Waals surface area contributed by atoms with E-state index in [-0.39, 0.29) is 5.69 Å². The summed E-state index contributed by atoms with van der Waals surface area (Å²) in [4.78, 5) is 2.02. The quantitative estimate of drug-likeness (QED) is 0.683. The molecular formula is C13H20F3N3O2. The molecule has 0 saturated carbocycles. The highest BCUT2D eigenvalue weighted by atomic mass is 19.3. The van der Waals surface area contributed by atoms with Crippen molar-refractivity contribution in [3.63, 3.8) is 0 Å². The number of nitrogen functional groups attached to an aromatic ring is 1. The molecule has 0 aliphatic heterocycles. The molecule has 0 fully saturated rings. The van der Waals surface area contributed by atoms with Gasteiger partial charge in [-0.25, -0.2) is 4.39 Å². The number of hydrogen-bond acceptors (Lipinski definition) is 5. The van der Waals surface area contributed by atoms with Crippen LogP contribution in [0, 0.1) is 5.82 Å². The van der Waals surface area contributed by atoms with Crippen LogP contribution < -0.4 is 15.8 Å². The van der Waals surface area contributed by atoms with Crippen molar-refractivity contribution in [2.24, 2.45) is 0 Å². The molecule has 3 N–H and O–H groups in total. The summed E-state index contributed by atoms with van der Waals surface area (Å²) in [6.07, 6.45) is 0. The molecule has 0 saturated heterocycles. The Morgan fingerprint density at radius 1 is 1.33 bits per heavy atom. The molecule has 8 heteroatoms. The van der Waals surface area contributed by atoms with Crippen molar-refractivity contribution in [2.45, 2.75) is 6.61 Å². The van der Waals surface area contributed by atoms with Gasteiger partial charge in [0.05, 0.1) is 18.0 Å². The Bertz CT molecular complexity index is 447. The van der Waals surface area contributed by atoms with Crippen LogP contribution in [0.25, 0.3) is 0 Å². The van der Waals surface area contributed by atoms with Gasteiger partial charge in [-0.3, -0.25) is 0 Å². The van der Waals surface area contributed by atoms with Crippen LogP contribution in [0.1, 0.15) is 0 Å². The third-order valence-electron chi connectivity index (χ3n) is 2.81. The summed E-state index contributed by atoms with van der Waals surface area (Å²) >= 11 is 0. The van der Waals surface area contributed by atoms with E-state index in [1.54, 1.807) is 7.11 Å². The topological polar surface area (TPSA) is 59.8 Å². The van der Waals surface area contributed by atoms with Crippen LogP contribution in [0.3, 0.4) is 0 Å². The second kappa shape index (κ2) is 8.58. The van der Waals surface area contributed by atoms with Crippen molar-refractivity contribution < 1.29 is 22.6 Å². The van der Waals surface area contributed by atoms with E-state index in [0.29, 0.717) is 25.4 Å². The van der Waals surface area contributed by atoms with E-state index in [9.17, 15) is 13.2 Å².